The average Bonchev–Trinajstić information content (AvgIpc) is 3.35. The zero-order chi connectivity index (χ0) is 50.0. The quantitative estimate of drug-likeness (QED) is 0.0261. The zero-order valence-electron chi connectivity index (χ0n) is 46.3. The highest BCUT2D eigenvalue weighted by Crippen LogP contribution is 2.17. The molecule has 0 radical (unpaired) electrons. The number of allylic oxidation sites excluding steroid dienone is 6. The van der Waals surface area contributed by atoms with Crippen LogP contribution in [-0.4, -0.2) is 37.2 Å². The zero-order valence-corrected chi connectivity index (χ0v) is 46.3. The summed E-state index contributed by atoms with van der Waals surface area (Å²) in [6.45, 7) is 6.59. The van der Waals surface area contributed by atoms with Gasteiger partial charge in [0.2, 0.25) is 0 Å². The molecule has 404 valence electrons. The lowest BCUT2D eigenvalue weighted by Gasteiger charge is -2.18. The molecule has 1 unspecified atom stereocenters. The first kappa shape index (κ1) is 66.6. The monoisotopic (exact) mass is 969 g/mol. The highest BCUT2D eigenvalue weighted by molar-refractivity contribution is 5.71. The summed E-state index contributed by atoms with van der Waals surface area (Å²) in [5.41, 5.74) is 0. The second-order valence-corrected chi connectivity index (χ2v) is 20.6. The van der Waals surface area contributed by atoms with E-state index in [0.29, 0.717) is 19.3 Å². The van der Waals surface area contributed by atoms with Gasteiger partial charge in [-0.05, 0) is 70.6 Å². The van der Waals surface area contributed by atoms with Gasteiger partial charge in [-0.2, -0.15) is 0 Å². The molecule has 0 saturated heterocycles. The summed E-state index contributed by atoms with van der Waals surface area (Å²) in [6, 6.07) is 0. The first-order chi connectivity index (χ1) is 34.0. The summed E-state index contributed by atoms with van der Waals surface area (Å²) in [5, 5.41) is 0. The van der Waals surface area contributed by atoms with E-state index in [-0.39, 0.29) is 31.1 Å². The van der Waals surface area contributed by atoms with Crippen LogP contribution in [0.4, 0.5) is 0 Å². The van der Waals surface area contributed by atoms with E-state index in [0.717, 1.165) is 83.5 Å². The Morgan fingerprint density at radius 3 is 0.855 bits per heavy atom. The maximum Gasteiger partial charge on any atom is 0.306 e. The van der Waals surface area contributed by atoms with Gasteiger partial charge in [0.25, 0.3) is 0 Å². The molecule has 0 aliphatic rings. The van der Waals surface area contributed by atoms with E-state index in [1.807, 2.05) is 0 Å². The third-order valence-corrected chi connectivity index (χ3v) is 13.6. The van der Waals surface area contributed by atoms with E-state index < -0.39 is 6.10 Å². The predicted octanol–water partition coefficient (Wildman–Crippen LogP) is 20.4. The van der Waals surface area contributed by atoms with Gasteiger partial charge >= 0.3 is 17.9 Å². The van der Waals surface area contributed by atoms with Crippen molar-refractivity contribution in [2.75, 3.05) is 13.2 Å². The number of rotatable bonds is 56. The molecular formula is C63H116O6. The van der Waals surface area contributed by atoms with E-state index in [9.17, 15) is 14.4 Å². The molecule has 0 fully saturated rings. The van der Waals surface area contributed by atoms with Crippen LogP contribution >= 0.6 is 0 Å². The third kappa shape index (κ3) is 56.4. The van der Waals surface area contributed by atoms with Crippen molar-refractivity contribution in [3.8, 4) is 0 Å². The Labute approximate surface area is 429 Å². The molecule has 0 aliphatic heterocycles. The summed E-state index contributed by atoms with van der Waals surface area (Å²) in [4.78, 5) is 38.0. The van der Waals surface area contributed by atoms with E-state index in [1.165, 1.54) is 205 Å². The molecule has 0 spiro atoms. The molecule has 0 bridgehead atoms. The molecule has 0 aromatic carbocycles. The maximum atomic E-state index is 12.8. The summed E-state index contributed by atoms with van der Waals surface area (Å²) < 4.78 is 16.8. The van der Waals surface area contributed by atoms with Crippen LogP contribution in [-0.2, 0) is 28.6 Å². The Morgan fingerprint density at radius 1 is 0.290 bits per heavy atom. The number of ether oxygens (including phenoxy) is 3. The fraction of sp³-hybridized carbons (Fsp3) is 0.857. The minimum absolute atomic E-state index is 0.0740. The Bertz CT molecular complexity index is 1160. The summed E-state index contributed by atoms with van der Waals surface area (Å²) >= 11 is 0. The fourth-order valence-corrected chi connectivity index (χ4v) is 8.99. The van der Waals surface area contributed by atoms with Crippen LogP contribution in [0.5, 0.6) is 0 Å². The van der Waals surface area contributed by atoms with Crippen LogP contribution in [0.15, 0.2) is 36.5 Å². The van der Waals surface area contributed by atoms with E-state index in [4.69, 9.17) is 14.2 Å². The number of carbonyl (C=O) groups excluding carboxylic acids is 3. The Hall–Kier alpha value is -2.37. The molecule has 0 heterocycles. The topological polar surface area (TPSA) is 78.9 Å². The first-order valence-corrected chi connectivity index (χ1v) is 30.5. The molecule has 0 amide bonds. The standard InChI is InChI=1S/C63H116O6/c1-4-7-10-13-16-19-21-23-25-26-27-28-29-30-31-32-33-34-35-36-37-38-39-41-42-44-47-50-53-56-62(65)68-59-60(58-67-61(64)55-52-49-46-18-15-12-9-6-3)69-63(66)57-54-51-48-45-43-40-24-22-20-17-14-11-8-5-2/h14,17,22,24,26-27,60H,4-13,15-16,18-21,23,25,28-59H2,1-3H3/b17-14-,24-22-,27-26-. The number of hydrogen-bond acceptors (Lipinski definition) is 6. The average molecular weight is 970 g/mol. The Kier molecular flexibility index (Phi) is 56.2. The molecule has 6 heteroatoms. The molecule has 0 rings (SSSR count). The van der Waals surface area contributed by atoms with E-state index >= 15 is 0 Å². The summed E-state index contributed by atoms with van der Waals surface area (Å²) in [7, 11) is 0. The second-order valence-electron chi connectivity index (χ2n) is 20.6. The van der Waals surface area contributed by atoms with Crippen LogP contribution in [0.25, 0.3) is 0 Å². The molecule has 0 aromatic heterocycles. The largest absolute Gasteiger partial charge is 0.462 e. The fourth-order valence-electron chi connectivity index (χ4n) is 8.99. The summed E-state index contributed by atoms with van der Waals surface area (Å²) in [5.74, 6) is -0.877. The van der Waals surface area contributed by atoms with Crippen molar-refractivity contribution in [2.45, 2.75) is 335 Å². The lowest BCUT2D eigenvalue weighted by Crippen LogP contribution is -2.30. The molecule has 0 N–H and O–H groups in total. The Balaban J connectivity index is 4.05. The highest BCUT2D eigenvalue weighted by Gasteiger charge is 2.19. The van der Waals surface area contributed by atoms with Crippen LogP contribution in [0.3, 0.4) is 0 Å². The molecule has 6 nitrogen and oxygen atoms in total. The van der Waals surface area contributed by atoms with Crippen molar-refractivity contribution in [1.29, 1.82) is 0 Å². The van der Waals surface area contributed by atoms with Crippen molar-refractivity contribution in [1.82, 2.24) is 0 Å². The van der Waals surface area contributed by atoms with Gasteiger partial charge in [0.15, 0.2) is 6.10 Å². The van der Waals surface area contributed by atoms with Crippen LogP contribution in [0.1, 0.15) is 329 Å². The van der Waals surface area contributed by atoms with Gasteiger partial charge in [0.05, 0.1) is 0 Å². The van der Waals surface area contributed by atoms with Crippen LogP contribution in [0.2, 0.25) is 0 Å². The lowest BCUT2D eigenvalue weighted by molar-refractivity contribution is -0.167. The molecular weight excluding hydrogens is 853 g/mol. The number of esters is 3. The summed E-state index contributed by atoms with van der Waals surface area (Å²) in [6.07, 6.45) is 70.3. The minimum Gasteiger partial charge on any atom is -0.462 e. The number of unbranched alkanes of at least 4 members (excludes halogenated alkanes) is 39. The highest BCUT2D eigenvalue weighted by atomic mass is 16.6. The van der Waals surface area contributed by atoms with E-state index in [2.05, 4.69) is 57.2 Å². The van der Waals surface area contributed by atoms with Crippen molar-refractivity contribution in [3.63, 3.8) is 0 Å². The molecule has 1 atom stereocenters. The van der Waals surface area contributed by atoms with Gasteiger partial charge in [-0.15, -0.1) is 0 Å². The van der Waals surface area contributed by atoms with Gasteiger partial charge in [0, 0.05) is 19.3 Å². The third-order valence-electron chi connectivity index (χ3n) is 13.6. The van der Waals surface area contributed by atoms with Gasteiger partial charge < -0.3 is 14.2 Å². The van der Waals surface area contributed by atoms with Crippen molar-refractivity contribution in [3.05, 3.63) is 36.5 Å². The van der Waals surface area contributed by atoms with Crippen LogP contribution < -0.4 is 0 Å². The van der Waals surface area contributed by atoms with Crippen molar-refractivity contribution < 1.29 is 28.6 Å². The number of carbonyl (C=O) groups is 3. The van der Waals surface area contributed by atoms with Crippen molar-refractivity contribution in [2.24, 2.45) is 0 Å². The predicted molar refractivity (Wildman–Crippen MR) is 298 cm³/mol. The molecule has 0 saturated carbocycles. The second kappa shape index (κ2) is 58.2. The smallest absolute Gasteiger partial charge is 0.306 e. The molecule has 0 aromatic rings. The van der Waals surface area contributed by atoms with Gasteiger partial charge in [-0.3, -0.25) is 14.4 Å². The van der Waals surface area contributed by atoms with Gasteiger partial charge in [-0.1, -0.05) is 276 Å². The van der Waals surface area contributed by atoms with E-state index in [1.54, 1.807) is 0 Å². The lowest BCUT2D eigenvalue weighted by atomic mass is 10.0. The SMILES string of the molecule is CCCC/C=C\C/C=C\CCCCCCCC(=O)OC(COC(=O)CCCCCCCCCC)COC(=O)CCCCCCCCCCCCCCCCCCC/C=C\CCCCCCCCCC. The van der Waals surface area contributed by atoms with Gasteiger partial charge in [0.1, 0.15) is 13.2 Å². The van der Waals surface area contributed by atoms with Crippen molar-refractivity contribution >= 4 is 17.9 Å². The maximum absolute atomic E-state index is 12.8. The molecule has 69 heavy (non-hydrogen) atoms. The first-order valence-electron chi connectivity index (χ1n) is 30.5. The van der Waals surface area contributed by atoms with Gasteiger partial charge in [-0.25, -0.2) is 0 Å². The molecule has 0 aliphatic carbocycles. The minimum atomic E-state index is -0.774. The Morgan fingerprint density at radius 2 is 0.536 bits per heavy atom. The normalized spacial score (nSPS) is 12.2. The number of hydrogen-bond donors (Lipinski definition) is 0. The van der Waals surface area contributed by atoms with Crippen LogP contribution in [0, 0.1) is 0 Å².